The molecule has 2 aromatic rings. The summed E-state index contributed by atoms with van der Waals surface area (Å²) in [7, 11) is 0. The van der Waals surface area contributed by atoms with Crippen molar-refractivity contribution in [2.24, 2.45) is 17.8 Å². The highest BCUT2D eigenvalue weighted by atomic mass is 32.2. The Morgan fingerprint density at radius 1 is 0.968 bits per heavy atom. The van der Waals surface area contributed by atoms with Crippen molar-refractivity contribution in [2.45, 2.75) is 151 Å². The number of pyridine rings is 1. The maximum atomic E-state index is 15.1. The lowest BCUT2D eigenvalue weighted by Gasteiger charge is -2.32. The fourth-order valence-electron chi connectivity index (χ4n) is 10.9. The standard InChI is InChI=1S/C47H64N6O8S/c1-2-32-28-47(32,45(56)51-62(58)34-21-22-34)50-42(54)38-27-33-29-53(38)44(55)40(31-14-6-7-15-31)49-46(57)61-39-20-12-16-30(39)13-4-3-5-18-36-41(59-26-25-52-23-10-11-24-52)35-17-8-9-19-37(35)48-43(36)60-33/h2,8-9,17,19,30-34,38-40H,1,3-7,10-16,18,20-29H2,(H,49,57)(H,50,54)(H,51,56)/t30-,32-,33-,38+,39-,40+,47-,62-/m1/s1. The average molecular weight is 873 g/mol. The summed E-state index contributed by atoms with van der Waals surface area (Å²) in [4.78, 5) is 66.4. The number of alkyl carbamates (subject to hydrolysis) is 1. The van der Waals surface area contributed by atoms with E-state index in [4.69, 9.17) is 19.2 Å². The zero-order chi connectivity index (χ0) is 42.8. The van der Waals surface area contributed by atoms with Gasteiger partial charge in [-0.3, -0.25) is 19.3 Å². The van der Waals surface area contributed by atoms with Gasteiger partial charge in [0.05, 0.1) is 29.0 Å². The molecule has 3 N–H and O–H groups in total. The molecule has 0 spiro atoms. The number of carbonyl (C=O) groups excluding carboxylic acids is 4. The van der Waals surface area contributed by atoms with Crippen molar-refractivity contribution in [2.75, 3.05) is 32.8 Å². The average Bonchev–Trinajstić information content (AvgIpc) is 3.83. The van der Waals surface area contributed by atoms with Gasteiger partial charge in [0.25, 0.3) is 5.91 Å². The van der Waals surface area contributed by atoms with Gasteiger partial charge in [-0.1, -0.05) is 43.9 Å². The summed E-state index contributed by atoms with van der Waals surface area (Å²) < 4.78 is 35.3. The van der Waals surface area contributed by atoms with Crippen molar-refractivity contribution in [3.63, 3.8) is 0 Å². The van der Waals surface area contributed by atoms with Crippen LogP contribution in [-0.4, -0.2) is 111 Å². The first-order chi connectivity index (χ1) is 30.2. The number of likely N-dealkylation sites (tertiary alicyclic amines) is 1. The largest absolute Gasteiger partial charge is 0.593 e. The summed E-state index contributed by atoms with van der Waals surface area (Å²) >= 11 is -1.55. The van der Waals surface area contributed by atoms with Crippen molar-refractivity contribution in [1.82, 2.24) is 30.1 Å². The number of para-hydroxylation sites is 1. The molecule has 2 saturated heterocycles. The molecule has 3 aliphatic heterocycles. The summed E-state index contributed by atoms with van der Waals surface area (Å²) in [6.45, 7) is 7.48. The van der Waals surface area contributed by atoms with Crippen LogP contribution >= 0.6 is 0 Å². The van der Waals surface area contributed by atoms with E-state index in [1.54, 1.807) is 6.08 Å². The lowest BCUT2D eigenvalue weighted by molar-refractivity contribution is -0.142. The minimum atomic E-state index is -1.55. The molecule has 1 aromatic carbocycles. The van der Waals surface area contributed by atoms with Gasteiger partial charge in [-0.05, 0) is 108 Å². The predicted octanol–water partition coefficient (Wildman–Crippen LogP) is 5.63. The van der Waals surface area contributed by atoms with Gasteiger partial charge in [-0.2, -0.15) is 4.72 Å². The number of ether oxygens (including phenoxy) is 3. The molecule has 6 fully saturated rings. The van der Waals surface area contributed by atoms with Crippen LogP contribution in [0.2, 0.25) is 0 Å². The maximum Gasteiger partial charge on any atom is 0.408 e. The first-order valence-electron chi connectivity index (χ1n) is 23.6. The number of hydrogen-bond acceptors (Lipinski definition) is 10. The molecule has 4 amide bonds. The smallest absolute Gasteiger partial charge is 0.408 e. The minimum absolute atomic E-state index is 0.0659. The summed E-state index contributed by atoms with van der Waals surface area (Å²) in [5.74, 6) is -0.407. The van der Waals surface area contributed by atoms with Crippen LogP contribution in [0, 0.1) is 17.8 Å². The van der Waals surface area contributed by atoms with Crippen molar-refractivity contribution >= 4 is 46.1 Å². The Balaban J connectivity index is 1.05. The van der Waals surface area contributed by atoms with Crippen LogP contribution in [0.25, 0.3) is 10.9 Å². The third kappa shape index (κ3) is 9.40. The van der Waals surface area contributed by atoms with Crippen LogP contribution in [-0.2, 0) is 36.9 Å². The molecular formula is C47H64N6O8S. The van der Waals surface area contributed by atoms with Crippen LogP contribution in [0.1, 0.15) is 115 Å². The molecule has 7 aliphatic rings. The van der Waals surface area contributed by atoms with Gasteiger partial charge in [-0.25, -0.2) is 9.78 Å². The highest BCUT2D eigenvalue weighted by Gasteiger charge is 2.62. The van der Waals surface area contributed by atoms with E-state index in [0.29, 0.717) is 25.3 Å². The second-order valence-corrected chi connectivity index (χ2v) is 20.4. The lowest BCUT2D eigenvalue weighted by atomic mass is 9.96. The first-order valence-corrected chi connectivity index (χ1v) is 24.8. The van der Waals surface area contributed by atoms with E-state index in [2.05, 4.69) is 26.8 Å². The van der Waals surface area contributed by atoms with E-state index >= 15 is 4.79 Å². The summed E-state index contributed by atoms with van der Waals surface area (Å²) in [6, 6.07) is 6.03. The van der Waals surface area contributed by atoms with Crippen LogP contribution in [0.15, 0.2) is 36.9 Å². The number of benzene rings is 1. The van der Waals surface area contributed by atoms with Crippen molar-refractivity contribution in [1.29, 1.82) is 0 Å². The van der Waals surface area contributed by atoms with Crippen molar-refractivity contribution in [3.05, 3.63) is 42.5 Å². The van der Waals surface area contributed by atoms with E-state index < -0.39 is 53.0 Å². The third-order valence-electron chi connectivity index (χ3n) is 14.7. The van der Waals surface area contributed by atoms with Gasteiger partial charge in [0.15, 0.2) is 0 Å². The molecular weight excluding hydrogens is 809 g/mol. The van der Waals surface area contributed by atoms with E-state index in [9.17, 15) is 18.9 Å². The van der Waals surface area contributed by atoms with E-state index in [-0.39, 0.29) is 48.0 Å². The van der Waals surface area contributed by atoms with E-state index in [0.717, 1.165) is 125 Å². The molecule has 4 aliphatic carbocycles. The molecule has 1 aromatic heterocycles. The molecule has 4 saturated carbocycles. The molecule has 0 unspecified atom stereocenters. The lowest BCUT2D eigenvalue weighted by Crippen LogP contribution is -2.59. The molecule has 8 atom stereocenters. The highest BCUT2D eigenvalue weighted by molar-refractivity contribution is 7.90. The fourth-order valence-corrected chi connectivity index (χ4v) is 12.0. The topological polar surface area (TPSA) is 174 Å². The zero-order valence-corrected chi connectivity index (χ0v) is 36.8. The first kappa shape index (κ1) is 43.2. The van der Waals surface area contributed by atoms with Gasteiger partial charge < -0.3 is 34.3 Å². The highest BCUT2D eigenvalue weighted by Crippen LogP contribution is 2.46. The Kier molecular flexibility index (Phi) is 13.2. The van der Waals surface area contributed by atoms with Crippen LogP contribution in [0.5, 0.6) is 11.6 Å². The number of rotatable bonds is 11. The SMILES string of the molecule is C=C[C@@H]1C[C@]1(NC(=O)[C@@H]1C[C@@H]2CN1C(=O)[C@H](C1CCCC1)NC(=O)O[C@@H]1CCC[C@H]1CCCCCc1c(nc3ccccc3c1OCCN1CCCC1)O2)C(=O)N[S@+]([O-])C1CC1. The van der Waals surface area contributed by atoms with Gasteiger partial charge in [0.1, 0.15) is 47.4 Å². The quantitative estimate of drug-likeness (QED) is 0.190. The molecule has 14 nitrogen and oxygen atoms in total. The van der Waals surface area contributed by atoms with Gasteiger partial charge >= 0.3 is 6.09 Å². The van der Waals surface area contributed by atoms with E-state index in [1.807, 2.05) is 24.3 Å². The molecule has 9 rings (SSSR count). The van der Waals surface area contributed by atoms with Crippen LogP contribution in [0.3, 0.4) is 0 Å². The summed E-state index contributed by atoms with van der Waals surface area (Å²) in [6.07, 6.45) is 15.3. The number of carbonyl (C=O) groups is 4. The summed E-state index contributed by atoms with van der Waals surface area (Å²) in [5, 5.41) is 6.87. The predicted molar refractivity (Wildman–Crippen MR) is 235 cm³/mol. The number of hydrogen-bond donors (Lipinski definition) is 3. The Morgan fingerprint density at radius 3 is 2.50 bits per heavy atom. The maximum absolute atomic E-state index is 15.1. The molecule has 62 heavy (non-hydrogen) atoms. The molecule has 336 valence electrons. The second-order valence-electron chi connectivity index (χ2n) is 19.0. The van der Waals surface area contributed by atoms with Gasteiger partial charge in [0, 0.05) is 37.1 Å². The normalized spacial score (nSPS) is 31.5. The Hall–Kier alpha value is -4.08. The van der Waals surface area contributed by atoms with Gasteiger partial charge in [-0.15, -0.1) is 6.58 Å². The molecule has 15 heteroatoms. The Morgan fingerprint density at radius 2 is 1.73 bits per heavy atom. The number of aromatic nitrogens is 1. The Bertz CT molecular complexity index is 1990. The fraction of sp³-hybridized carbons (Fsp3) is 0.681. The molecule has 0 radical (unpaired) electrons. The number of nitrogens with one attached hydrogen (secondary N) is 3. The minimum Gasteiger partial charge on any atom is -0.593 e. The van der Waals surface area contributed by atoms with Crippen molar-refractivity contribution < 1.29 is 37.9 Å². The van der Waals surface area contributed by atoms with Crippen LogP contribution in [0.4, 0.5) is 4.79 Å². The Labute approximate surface area is 368 Å². The second kappa shape index (κ2) is 18.9. The third-order valence-corrected chi connectivity index (χ3v) is 16.2. The monoisotopic (exact) mass is 872 g/mol. The van der Waals surface area contributed by atoms with E-state index in [1.165, 1.54) is 17.7 Å². The van der Waals surface area contributed by atoms with Gasteiger partial charge in [0.2, 0.25) is 17.7 Å². The molecule has 2 bridgehead atoms. The summed E-state index contributed by atoms with van der Waals surface area (Å²) in [5.41, 5.74) is 0.297. The number of nitrogens with zero attached hydrogens (tertiary/aromatic N) is 3. The van der Waals surface area contributed by atoms with Crippen LogP contribution < -0.4 is 24.8 Å². The zero-order valence-electron chi connectivity index (χ0n) is 36.0. The number of amides is 4. The number of fused-ring (bicyclic) bond motifs is 5. The molecule has 4 heterocycles. The van der Waals surface area contributed by atoms with Crippen molar-refractivity contribution in [3.8, 4) is 11.6 Å².